The van der Waals surface area contributed by atoms with Gasteiger partial charge in [0.05, 0.1) is 12.6 Å². The lowest BCUT2D eigenvalue weighted by Gasteiger charge is -2.18. The Morgan fingerprint density at radius 3 is 2.44 bits per heavy atom. The van der Waals surface area contributed by atoms with Gasteiger partial charge in [0.25, 0.3) is 0 Å². The van der Waals surface area contributed by atoms with Crippen LogP contribution in [-0.2, 0) is 0 Å². The second-order valence-electron chi connectivity index (χ2n) is 6.23. The van der Waals surface area contributed by atoms with Crippen LogP contribution in [0.1, 0.15) is 36.7 Å². The molecule has 0 bridgehead atoms. The number of aliphatic hydroxyl groups excluding tert-OH is 2. The highest BCUT2D eigenvalue weighted by Gasteiger charge is 2.20. The van der Waals surface area contributed by atoms with Gasteiger partial charge in [-0.2, -0.15) is 0 Å². The van der Waals surface area contributed by atoms with E-state index in [1.165, 1.54) is 4.70 Å². The zero-order valence-corrected chi connectivity index (χ0v) is 15.8. The molecule has 1 aromatic heterocycles. The number of fused-ring (bicyclic) bond motifs is 1. The molecule has 0 aliphatic heterocycles. The van der Waals surface area contributed by atoms with Gasteiger partial charge in [0, 0.05) is 11.1 Å². The first-order valence-corrected chi connectivity index (χ1v) is 9.25. The van der Waals surface area contributed by atoms with Gasteiger partial charge in [0.1, 0.15) is 12.1 Å². The van der Waals surface area contributed by atoms with Gasteiger partial charge in [0.2, 0.25) is 0 Å². The minimum absolute atomic E-state index is 0. The van der Waals surface area contributed by atoms with Crippen LogP contribution in [0.2, 0.25) is 0 Å². The molecule has 3 nitrogen and oxygen atoms in total. The maximum atomic E-state index is 10.5. The second kappa shape index (κ2) is 9.32. The number of quaternary nitrogens is 1. The lowest BCUT2D eigenvalue weighted by atomic mass is 10.0. The summed E-state index contributed by atoms with van der Waals surface area (Å²) in [7, 11) is 0. The third-order valence-corrected chi connectivity index (χ3v) is 5.47. The van der Waals surface area contributed by atoms with Gasteiger partial charge in [-0.15, -0.1) is 11.3 Å². The Kier molecular flexibility index (Phi) is 7.41. The Morgan fingerprint density at radius 1 is 1.00 bits per heavy atom. The van der Waals surface area contributed by atoms with E-state index in [1.807, 2.05) is 49.4 Å². The van der Waals surface area contributed by atoms with Crippen molar-refractivity contribution >= 4 is 21.4 Å². The molecule has 0 aliphatic rings. The predicted octanol–water partition coefficient (Wildman–Crippen LogP) is 0.0143. The van der Waals surface area contributed by atoms with Crippen LogP contribution in [0.5, 0.6) is 0 Å². The third kappa shape index (κ3) is 4.81. The van der Waals surface area contributed by atoms with Gasteiger partial charge in [-0.05, 0) is 34.9 Å². The Balaban J connectivity index is 0.00000225. The molecule has 4 N–H and O–H groups in total. The molecule has 2 aromatic carbocycles. The smallest absolute Gasteiger partial charge is 0.130 e. The molecule has 1 heterocycles. The van der Waals surface area contributed by atoms with Crippen molar-refractivity contribution in [3.8, 4) is 0 Å². The van der Waals surface area contributed by atoms with Crippen LogP contribution in [0.25, 0.3) is 10.1 Å². The van der Waals surface area contributed by atoms with E-state index in [0.29, 0.717) is 6.42 Å². The Morgan fingerprint density at radius 2 is 1.68 bits per heavy atom. The van der Waals surface area contributed by atoms with Crippen molar-refractivity contribution < 1.29 is 27.9 Å². The van der Waals surface area contributed by atoms with E-state index >= 15 is 0 Å². The normalized spacial score (nSPS) is 14.7. The van der Waals surface area contributed by atoms with Crippen LogP contribution in [-0.4, -0.2) is 22.8 Å². The van der Waals surface area contributed by atoms with Crippen molar-refractivity contribution in [1.82, 2.24) is 0 Å². The lowest BCUT2D eigenvalue weighted by molar-refractivity contribution is -0.695. The van der Waals surface area contributed by atoms with Crippen LogP contribution in [0.15, 0.2) is 60.0 Å². The van der Waals surface area contributed by atoms with Gasteiger partial charge in [-0.1, -0.05) is 48.5 Å². The van der Waals surface area contributed by atoms with Crippen molar-refractivity contribution in [2.45, 2.75) is 31.6 Å². The Hall–Kier alpha value is -1.43. The molecule has 25 heavy (non-hydrogen) atoms. The lowest BCUT2D eigenvalue weighted by Crippen LogP contribution is -3.00. The molecule has 0 saturated carbocycles. The summed E-state index contributed by atoms with van der Waals surface area (Å²) in [4.78, 5) is 0. The van der Waals surface area contributed by atoms with Crippen molar-refractivity contribution in [2.75, 3.05) is 6.54 Å². The maximum Gasteiger partial charge on any atom is 0.130 e. The van der Waals surface area contributed by atoms with E-state index in [2.05, 4.69) is 22.8 Å². The summed E-state index contributed by atoms with van der Waals surface area (Å²) in [6, 6.07) is 18.0. The minimum atomic E-state index is -0.495. The maximum absolute atomic E-state index is 10.5. The molecule has 0 fully saturated rings. The number of rotatable bonds is 7. The fourth-order valence-corrected chi connectivity index (χ4v) is 4.02. The van der Waals surface area contributed by atoms with Crippen LogP contribution < -0.4 is 17.7 Å². The fraction of sp³-hybridized carbons (Fsp3) is 0.300. The van der Waals surface area contributed by atoms with E-state index in [0.717, 1.165) is 23.1 Å². The number of hydrogen-bond donors (Lipinski definition) is 3. The second-order valence-corrected chi connectivity index (χ2v) is 7.14. The van der Waals surface area contributed by atoms with E-state index in [9.17, 15) is 10.2 Å². The first kappa shape index (κ1) is 19.9. The highest BCUT2D eigenvalue weighted by molar-refractivity contribution is 7.17. The number of hydrogen-bond acceptors (Lipinski definition) is 3. The van der Waals surface area contributed by atoms with Gasteiger partial charge < -0.3 is 27.9 Å². The van der Waals surface area contributed by atoms with Gasteiger partial charge in [0.15, 0.2) is 0 Å². The van der Waals surface area contributed by atoms with E-state index in [1.54, 1.807) is 11.3 Å². The average molecular weight is 378 g/mol. The fourth-order valence-electron chi connectivity index (χ4n) is 3.01. The molecule has 0 spiro atoms. The van der Waals surface area contributed by atoms with Crippen LogP contribution >= 0.6 is 11.3 Å². The van der Waals surface area contributed by atoms with Gasteiger partial charge in [-0.3, -0.25) is 0 Å². The van der Waals surface area contributed by atoms with E-state index < -0.39 is 12.2 Å². The molecule has 3 aromatic rings. The number of benzene rings is 2. The van der Waals surface area contributed by atoms with Crippen LogP contribution in [0.4, 0.5) is 0 Å². The topological polar surface area (TPSA) is 57.1 Å². The number of halogens is 1. The van der Waals surface area contributed by atoms with Crippen LogP contribution in [0.3, 0.4) is 0 Å². The molecule has 3 atom stereocenters. The summed E-state index contributed by atoms with van der Waals surface area (Å²) < 4.78 is 1.21. The zero-order valence-electron chi connectivity index (χ0n) is 14.2. The molecular formula is C20H24ClNO2S. The number of nitrogens with two attached hydrogens (primary N) is 1. The zero-order chi connectivity index (χ0) is 16.9. The summed E-state index contributed by atoms with van der Waals surface area (Å²) in [6.45, 7) is 2.79. The molecular weight excluding hydrogens is 354 g/mol. The summed E-state index contributed by atoms with van der Waals surface area (Å²) in [5.41, 5.74) is 1.95. The molecule has 5 heteroatoms. The van der Waals surface area contributed by atoms with E-state index in [4.69, 9.17) is 0 Å². The van der Waals surface area contributed by atoms with E-state index in [-0.39, 0.29) is 18.4 Å². The van der Waals surface area contributed by atoms with Crippen LogP contribution in [0, 0.1) is 0 Å². The largest absolute Gasteiger partial charge is 1.00 e. The summed E-state index contributed by atoms with van der Waals surface area (Å²) >= 11 is 1.67. The third-order valence-electron chi connectivity index (χ3n) is 4.49. The van der Waals surface area contributed by atoms with Crippen molar-refractivity contribution in [1.29, 1.82) is 0 Å². The quantitative estimate of drug-likeness (QED) is 0.543. The predicted molar refractivity (Wildman–Crippen MR) is 99.1 cm³/mol. The summed E-state index contributed by atoms with van der Waals surface area (Å²) in [5, 5.41) is 26.2. The van der Waals surface area contributed by atoms with Gasteiger partial charge in [-0.25, -0.2) is 0 Å². The van der Waals surface area contributed by atoms with Crippen molar-refractivity contribution in [2.24, 2.45) is 0 Å². The van der Waals surface area contributed by atoms with Crippen molar-refractivity contribution in [3.05, 3.63) is 71.1 Å². The highest BCUT2D eigenvalue weighted by Crippen LogP contribution is 2.31. The molecule has 3 unspecified atom stereocenters. The highest BCUT2D eigenvalue weighted by atomic mass is 35.5. The molecule has 0 amide bonds. The Bertz CT molecular complexity index is 777. The Labute approximate surface area is 158 Å². The first-order chi connectivity index (χ1) is 11.7. The SMILES string of the molecule is CC([NH2+]CCC(O)c1csc2ccccc12)C(O)c1ccccc1.[Cl-]. The first-order valence-electron chi connectivity index (χ1n) is 8.37. The van der Waals surface area contributed by atoms with Crippen molar-refractivity contribution in [3.63, 3.8) is 0 Å². The molecule has 3 rings (SSSR count). The number of thiophene rings is 1. The molecule has 0 aliphatic carbocycles. The molecule has 0 radical (unpaired) electrons. The molecule has 134 valence electrons. The number of aliphatic hydroxyl groups is 2. The monoisotopic (exact) mass is 377 g/mol. The molecule has 0 saturated heterocycles. The minimum Gasteiger partial charge on any atom is -1.00 e. The van der Waals surface area contributed by atoms with Gasteiger partial charge >= 0.3 is 0 Å². The summed E-state index contributed by atoms with van der Waals surface area (Å²) in [5.74, 6) is 0. The standard InChI is InChI=1S/C20H23NO2S.ClH/c1-14(20(23)15-7-3-2-4-8-15)21-12-11-18(22)17-13-24-19-10-6-5-9-16(17)19;/h2-10,13-14,18,20-23H,11-12H2,1H3;1H. The summed E-state index contributed by atoms with van der Waals surface area (Å²) in [6.07, 6.45) is -0.282. The average Bonchev–Trinajstić information content (AvgIpc) is 3.06.